The summed E-state index contributed by atoms with van der Waals surface area (Å²) in [5, 5.41) is 0. The highest BCUT2D eigenvalue weighted by Crippen LogP contribution is 2.35. The third-order valence-electron chi connectivity index (χ3n) is 3.32. The molecule has 1 atom stereocenters. The fraction of sp³-hybridized carbons (Fsp3) is 0.286. The van der Waals surface area contributed by atoms with Crippen LogP contribution < -0.4 is 10.6 Å². The molecular weight excluding hydrogens is 224 g/mol. The Bertz CT molecular complexity index is 567. The van der Waals surface area contributed by atoms with Crippen molar-refractivity contribution in [2.75, 3.05) is 17.2 Å². The second-order valence-corrected chi connectivity index (χ2v) is 4.85. The standard InChI is InChI=1S/C14H16N4/c1-10-6-11-4-2-3-5-13(11)18(8-10)14-12(15)7-16-9-17-14/h2-5,7,9-10H,6,8,15H2,1H3. The van der Waals surface area contributed by atoms with Gasteiger partial charge in [-0.25, -0.2) is 9.97 Å². The van der Waals surface area contributed by atoms with Gasteiger partial charge in [0.2, 0.25) is 0 Å². The molecule has 0 saturated heterocycles. The quantitative estimate of drug-likeness (QED) is 0.831. The predicted molar refractivity (Wildman–Crippen MR) is 72.8 cm³/mol. The van der Waals surface area contributed by atoms with E-state index in [2.05, 4.69) is 46.1 Å². The van der Waals surface area contributed by atoms with Gasteiger partial charge in [-0.3, -0.25) is 0 Å². The summed E-state index contributed by atoms with van der Waals surface area (Å²) in [6, 6.07) is 8.44. The second kappa shape index (κ2) is 4.29. The fourth-order valence-corrected chi connectivity index (χ4v) is 2.56. The Labute approximate surface area is 106 Å². The van der Waals surface area contributed by atoms with Crippen molar-refractivity contribution >= 4 is 17.2 Å². The molecule has 1 aromatic carbocycles. The highest BCUT2D eigenvalue weighted by Gasteiger charge is 2.24. The summed E-state index contributed by atoms with van der Waals surface area (Å²) >= 11 is 0. The van der Waals surface area contributed by atoms with E-state index in [9.17, 15) is 0 Å². The first-order valence-electron chi connectivity index (χ1n) is 6.16. The number of hydrogen-bond acceptors (Lipinski definition) is 4. The molecule has 1 aromatic heterocycles. The van der Waals surface area contributed by atoms with Gasteiger partial charge in [0.25, 0.3) is 0 Å². The van der Waals surface area contributed by atoms with Crippen molar-refractivity contribution in [2.45, 2.75) is 13.3 Å². The number of nitrogens with two attached hydrogens (primary N) is 1. The van der Waals surface area contributed by atoms with E-state index < -0.39 is 0 Å². The van der Waals surface area contributed by atoms with Gasteiger partial charge in [-0.15, -0.1) is 0 Å². The van der Waals surface area contributed by atoms with Crippen LogP contribution in [-0.4, -0.2) is 16.5 Å². The smallest absolute Gasteiger partial charge is 0.159 e. The Morgan fingerprint density at radius 3 is 3.00 bits per heavy atom. The van der Waals surface area contributed by atoms with Crippen LogP contribution in [0.4, 0.5) is 17.2 Å². The van der Waals surface area contributed by atoms with E-state index in [4.69, 9.17) is 5.73 Å². The second-order valence-electron chi connectivity index (χ2n) is 4.85. The zero-order chi connectivity index (χ0) is 12.5. The number of hydrogen-bond donors (Lipinski definition) is 1. The summed E-state index contributed by atoms with van der Waals surface area (Å²) in [6.45, 7) is 3.19. The Morgan fingerprint density at radius 2 is 2.17 bits per heavy atom. The summed E-state index contributed by atoms with van der Waals surface area (Å²) in [6.07, 6.45) is 4.31. The molecule has 0 fully saturated rings. The molecule has 2 N–H and O–H groups in total. The molecular formula is C14H16N4. The van der Waals surface area contributed by atoms with E-state index in [-0.39, 0.29) is 0 Å². The van der Waals surface area contributed by atoms with E-state index in [1.54, 1.807) is 12.5 Å². The topological polar surface area (TPSA) is 55.0 Å². The first kappa shape index (κ1) is 11.0. The molecule has 1 aliphatic rings. The van der Waals surface area contributed by atoms with Crippen LogP contribution in [0.5, 0.6) is 0 Å². The highest BCUT2D eigenvalue weighted by molar-refractivity contribution is 5.73. The van der Waals surface area contributed by atoms with Crippen molar-refractivity contribution in [3.8, 4) is 0 Å². The van der Waals surface area contributed by atoms with Crippen LogP contribution >= 0.6 is 0 Å². The highest BCUT2D eigenvalue weighted by atomic mass is 15.2. The average Bonchev–Trinajstić information content (AvgIpc) is 2.38. The monoisotopic (exact) mass is 240 g/mol. The van der Waals surface area contributed by atoms with E-state index >= 15 is 0 Å². The lowest BCUT2D eigenvalue weighted by atomic mass is 9.94. The molecule has 4 heteroatoms. The summed E-state index contributed by atoms with van der Waals surface area (Å²) in [5.41, 5.74) is 9.18. The molecule has 0 bridgehead atoms. The van der Waals surface area contributed by atoms with Crippen LogP contribution in [0.3, 0.4) is 0 Å². The molecule has 92 valence electrons. The lowest BCUT2D eigenvalue weighted by Crippen LogP contribution is -2.31. The summed E-state index contributed by atoms with van der Waals surface area (Å²) in [4.78, 5) is 10.5. The number of anilines is 3. The van der Waals surface area contributed by atoms with E-state index in [1.165, 1.54) is 11.3 Å². The van der Waals surface area contributed by atoms with Crippen molar-refractivity contribution in [3.63, 3.8) is 0 Å². The molecule has 2 aromatic rings. The third-order valence-corrected chi connectivity index (χ3v) is 3.32. The van der Waals surface area contributed by atoms with Crippen molar-refractivity contribution < 1.29 is 0 Å². The number of nitrogens with zero attached hydrogens (tertiary/aromatic N) is 3. The lowest BCUT2D eigenvalue weighted by molar-refractivity contribution is 0.560. The van der Waals surface area contributed by atoms with Crippen LogP contribution in [0.2, 0.25) is 0 Å². The van der Waals surface area contributed by atoms with Crippen LogP contribution in [0.1, 0.15) is 12.5 Å². The van der Waals surface area contributed by atoms with Crippen molar-refractivity contribution in [1.82, 2.24) is 9.97 Å². The average molecular weight is 240 g/mol. The first-order chi connectivity index (χ1) is 8.75. The van der Waals surface area contributed by atoms with E-state index in [0.717, 1.165) is 18.8 Å². The normalized spacial score (nSPS) is 18.5. The van der Waals surface area contributed by atoms with Gasteiger partial charge in [-0.2, -0.15) is 0 Å². The van der Waals surface area contributed by atoms with Crippen LogP contribution in [-0.2, 0) is 6.42 Å². The number of rotatable bonds is 1. The van der Waals surface area contributed by atoms with E-state index in [1.807, 2.05) is 0 Å². The molecule has 0 spiro atoms. The summed E-state index contributed by atoms with van der Waals surface area (Å²) in [5.74, 6) is 1.40. The van der Waals surface area contributed by atoms with Crippen LogP contribution in [0.25, 0.3) is 0 Å². The number of fused-ring (bicyclic) bond motifs is 1. The third kappa shape index (κ3) is 1.79. The predicted octanol–water partition coefficient (Wildman–Crippen LogP) is 2.39. The maximum absolute atomic E-state index is 5.99. The van der Waals surface area contributed by atoms with Gasteiger partial charge in [0.05, 0.1) is 11.9 Å². The fourth-order valence-electron chi connectivity index (χ4n) is 2.56. The molecule has 3 rings (SSSR count). The number of benzene rings is 1. The maximum Gasteiger partial charge on any atom is 0.159 e. The minimum atomic E-state index is 0.592. The van der Waals surface area contributed by atoms with Gasteiger partial charge < -0.3 is 10.6 Å². The van der Waals surface area contributed by atoms with Gasteiger partial charge >= 0.3 is 0 Å². The van der Waals surface area contributed by atoms with Gasteiger partial charge in [0.1, 0.15) is 6.33 Å². The van der Waals surface area contributed by atoms with Crippen LogP contribution in [0.15, 0.2) is 36.8 Å². The van der Waals surface area contributed by atoms with Crippen molar-refractivity contribution in [1.29, 1.82) is 0 Å². The number of aromatic nitrogens is 2. The molecule has 18 heavy (non-hydrogen) atoms. The molecule has 0 radical (unpaired) electrons. The molecule has 0 saturated carbocycles. The Morgan fingerprint density at radius 1 is 1.33 bits per heavy atom. The minimum absolute atomic E-state index is 0.592. The maximum atomic E-state index is 5.99. The molecule has 0 aliphatic carbocycles. The van der Waals surface area contributed by atoms with Gasteiger partial charge in [0.15, 0.2) is 5.82 Å². The van der Waals surface area contributed by atoms with Crippen molar-refractivity contribution in [2.24, 2.45) is 5.92 Å². The molecule has 0 amide bonds. The zero-order valence-electron chi connectivity index (χ0n) is 10.4. The molecule has 2 heterocycles. The Hall–Kier alpha value is -2.10. The van der Waals surface area contributed by atoms with Gasteiger partial charge in [-0.05, 0) is 24.0 Å². The van der Waals surface area contributed by atoms with Crippen molar-refractivity contribution in [3.05, 3.63) is 42.4 Å². The SMILES string of the molecule is CC1Cc2ccccc2N(c2ncncc2N)C1. The number of para-hydroxylation sites is 1. The minimum Gasteiger partial charge on any atom is -0.394 e. The molecule has 4 nitrogen and oxygen atoms in total. The summed E-state index contributed by atoms with van der Waals surface area (Å²) in [7, 11) is 0. The Kier molecular flexibility index (Phi) is 2.63. The van der Waals surface area contributed by atoms with Crippen LogP contribution in [0, 0.1) is 5.92 Å². The summed E-state index contributed by atoms with van der Waals surface area (Å²) < 4.78 is 0. The zero-order valence-corrected chi connectivity index (χ0v) is 10.4. The lowest BCUT2D eigenvalue weighted by Gasteiger charge is -2.34. The van der Waals surface area contributed by atoms with Gasteiger partial charge in [-0.1, -0.05) is 25.1 Å². The van der Waals surface area contributed by atoms with E-state index in [0.29, 0.717) is 11.6 Å². The Balaban J connectivity index is 2.11. The largest absolute Gasteiger partial charge is 0.394 e. The molecule has 1 unspecified atom stereocenters. The molecule has 1 aliphatic heterocycles. The number of nitrogen functional groups attached to an aromatic ring is 1. The van der Waals surface area contributed by atoms with Gasteiger partial charge in [0, 0.05) is 12.2 Å². The first-order valence-corrected chi connectivity index (χ1v) is 6.16.